The largest absolute Gasteiger partial charge is 0.377 e. The van der Waals surface area contributed by atoms with Crippen molar-refractivity contribution in [3.63, 3.8) is 0 Å². The Kier molecular flexibility index (Phi) is 8.14. The van der Waals surface area contributed by atoms with Gasteiger partial charge in [0, 0.05) is 46.9 Å². The summed E-state index contributed by atoms with van der Waals surface area (Å²) in [5, 5.41) is 6.65. The van der Waals surface area contributed by atoms with Crippen LogP contribution in [0.25, 0.3) is 0 Å². The van der Waals surface area contributed by atoms with Crippen molar-refractivity contribution in [3.05, 3.63) is 0 Å². The molecule has 0 amide bonds. The van der Waals surface area contributed by atoms with E-state index in [1.54, 1.807) is 14.2 Å². The van der Waals surface area contributed by atoms with Crippen LogP contribution in [-0.2, 0) is 9.47 Å². The van der Waals surface area contributed by atoms with E-state index < -0.39 is 0 Å². The van der Waals surface area contributed by atoms with Crippen molar-refractivity contribution in [1.29, 1.82) is 0 Å². The SMILES string of the molecule is CN=C(NCCCN1CC(C)OC(C)C1)NCC(C)(C)OC. The van der Waals surface area contributed by atoms with Crippen LogP contribution in [0, 0.1) is 0 Å². The summed E-state index contributed by atoms with van der Waals surface area (Å²) in [4.78, 5) is 6.72. The van der Waals surface area contributed by atoms with Gasteiger partial charge in [-0.2, -0.15) is 0 Å². The zero-order valence-electron chi connectivity index (χ0n) is 15.1. The second kappa shape index (κ2) is 9.33. The Morgan fingerprint density at radius 2 is 1.91 bits per heavy atom. The van der Waals surface area contributed by atoms with Crippen LogP contribution in [0.3, 0.4) is 0 Å². The quantitative estimate of drug-likeness (QED) is 0.418. The van der Waals surface area contributed by atoms with E-state index in [2.05, 4.69) is 34.4 Å². The topological polar surface area (TPSA) is 58.1 Å². The van der Waals surface area contributed by atoms with E-state index in [4.69, 9.17) is 9.47 Å². The van der Waals surface area contributed by atoms with Crippen molar-refractivity contribution in [2.24, 2.45) is 4.99 Å². The van der Waals surface area contributed by atoms with E-state index in [0.29, 0.717) is 12.2 Å². The molecule has 1 rings (SSSR count). The third-order valence-electron chi connectivity index (χ3n) is 3.90. The van der Waals surface area contributed by atoms with Gasteiger partial charge in [-0.1, -0.05) is 0 Å². The molecule has 2 atom stereocenters. The summed E-state index contributed by atoms with van der Waals surface area (Å²) in [6, 6.07) is 0. The first-order valence-corrected chi connectivity index (χ1v) is 8.24. The maximum atomic E-state index is 5.75. The number of ether oxygens (including phenoxy) is 2. The van der Waals surface area contributed by atoms with Crippen molar-refractivity contribution in [2.45, 2.75) is 51.9 Å². The highest BCUT2D eigenvalue weighted by atomic mass is 16.5. The molecule has 1 heterocycles. The smallest absolute Gasteiger partial charge is 0.191 e. The lowest BCUT2D eigenvalue weighted by Gasteiger charge is -2.35. The zero-order valence-corrected chi connectivity index (χ0v) is 15.1. The molecule has 1 saturated heterocycles. The minimum atomic E-state index is -0.197. The molecular formula is C16H34N4O2. The van der Waals surface area contributed by atoms with Gasteiger partial charge in [0.1, 0.15) is 0 Å². The molecule has 0 aromatic heterocycles. The Hall–Kier alpha value is -0.850. The second-order valence-corrected chi connectivity index (χ2v) is 6.69. The minimum Gasteiger partial charge on any atom is -0.377 e. The summed E-state index contributed by atoms with van der Waals surface area (Å²) in [6.07, 6.45) is 1.76. The molecule has 6 nitrogen and oxygen atoms in total. The highest BCUT2D eigenvalue weighted by Gasteiger charge is 2.21. The van der Waals surface area contributed by atoms with Crippen molar-refractivity contribution in [3.8, 4) is 0 Å². The van der Waals surface area contributed by atoms with Gasteiger partial charge in [-0.05, 0) is 34.1 Å². The number of nitrogens with zero attached hydrogens (tertiary/aromatic N) is 2. The summed E-state index contributed by atoms with van der Waals surface area (Å²) < 4.78 is 11.1. The third-order valence-corrected chi connectivity index (χ3v) is 3.90. The molecule has 0 bridgehead atoms. The first-order chi connectivity index (χ1) is 10.4. The third kappa shape index (κ3) is 7.42. The maximum Gasteiger partial charge on any atom is 0.191 e. The number of hydrogen-bond donors (Lipinski definition) is 2. The summed E-state index contributed by atoms with van der Waals surface area (Å²) >= 11 is 0. The number of rotatable bonds is 7. The monoisotopic (exact) mass is 314 g/mol. The van der Waals surface area contributed by atoms with E-state index in [1.165, 1.54) is 0 Å². The molecule has 0 aromatic carbocycles. The first kappa shape index (κ1) is 19.2. The predicted octanol–water partition coefficient (Wildman–Crippen LogP) is 1.08. The molecule has 1 aliphatic rings. The zero-order chi connectivity index (χ0) is 16.6. The van der Waals surface area contributed by atoms with Crippen molar-refractivity contribution >= 4 is 5.96 Å². The molecule has 2 N–H and O–H groups in total. The fraction of sp³-hybridized carbons (Fsp3) is 0.938. The summed E-state index contributed by atoms with van der Waals surface area (Å²) in [5.74, 6) is 0.828. The number of morpholine rings is 1. The fourth-order valence-electron chi connectivity index (χ4n) is 2.57. The molecule has 1 aliphatic heterocycles. The van der Waals surface area contributed by atoms with E-state index >= 15 is 0 Å². The number of aliphatic imine (C=N–C) groups is 1. The fourth-order valence-corrected chi connectivity index (χ4v) is 2.57. The normalized spacial score (nSPS) is 24.4. The number of hydrogen-bond acceptors (Lipinski definition) is 4. The molecule has 0 aromatic rings. The number of nitrogens with one attached hydrogen (secondary N) is 2. The summed E-state index contributed by atoms with van der Waals surface area (Å²) in [5.41, 5.74) is -0.197. The molecule has 22 heavy (non-hydrogen) atoms. The second-order valence-electron chi connectivity index (χ2n) is 6.69. The van der Waals surface area contributed by atoms with Gasteiger partial charge < -0.3 is 20.1 Å². The van der Waals surface area contributed by atoms with Gasteiger partial charge in [0.05, 0.1) is 17.8 Å². The van der Waals surface area contributed by atoms with E-state index in [9.17, 15) is 0 Å². The lowest BCUT2D eigenvalue weighted by molar-refractivity contribution is -0.0679. The Morgan fingerprint density at radius 1 is 1.27 bits per heavy atom. The van der Waals surface area contributed by atoms with Gasteiger partial charge in [-0.3, -0.25) is 9.89 Å². The van der Waals surface area contributed by atoms with Gasteiger partial charge in [-0.25, -0.2) is 0 Å². The predicted molar refractivity (Wildman–Crippen MR) is 91.5 cm³/mol. The van der Waals surface area contributed by atoms with Gasteiger partial charge in [0.15, 0.2) is 5.96 Å². The van der Waals surface area contributed by atoms with Crippen LogP contribution in [0.4, 0.5) is 0 Å². The van der Waals surface area contributed by atoms with Crippen LogP contribution in [0.5, 0.6) is 0 Å². The Labute approximate surface area is 135 Å². The van der Waals surface area contributed by atoms with Crippen LogP contribution >= 0.6 is 0 Å². The van der Waals surface area contributed by atoms with Gasteiger partial charge in [0.2, 0.25) is 0 Å². The summed E-state index contributed by atoms with van der Waals surface area (Å²) in [7, 11) is 3.52. The molecular weight excluding hydrogens is 280 g/mol. The molecule has 0 radical (unpaired) electrons. The van der Waals surface area contributed by atoms with Crippen LogP contribution in [0.1, 0.15) is 34.1 Å². The highest BCUT2D eigenvalue weighted by molar-refractivity contribution is 5.79. The molecule has 0 aliphatic carbocycles. The Morgan fingerprint density at radius 3 is 2.45 bits per heavy atom. The van der Waals surface area contributed by atoms with Crippen LogP contribution in [0.15, 0.2) is 4.99 Å². The summed E-state index contributed by atoms with van der Waals surface area (Å²) in [6.45, 7) is 13.2. The Bertz CT molecular complexity index is 337. The minimum absolute atomic E-state index is 0.197. The van der Waals surface area contributed by atoms with Crippen molar-refractivity contribution < 1.29 is 9.47 Å². The first-order valence-electron chi connectivity index (χ1n) is 8.24. The van der Waals surface area contributed by atoms with Crippen molar-refractivity contribution in [1.82, 2.24) is 15.5 Å². The molecule has 1 fully saturated rings. The lowest BCUT2D eigenvalue weighted by atomic mass is 10.1. The maximum absolute atomic E-state index is 5.75. The highest BCUT2D eigenvalue weighted by Crippen LogP contribution is 2.10. The molecule has 6 heteroatoms. The average molecular weight is 314 g/mol. The van der Waals surface area contributed by atoms with E-state index in [-0.39, 0.29) is 5.60 Å². The van der Waals surface area contributed by atoms with E-state index in [1.807, 2.05) is 13.8 Å². The molecule has 130 valence electrons. The van der Waals surface area contributed by atoms with Crippen LogP contribution < -0.4 is 10.6 Å². The van der Waals surface area contributed by atoms with Gasteiger partial charge >= 0.3 is 0 Å². The standard InChI is InChI=1S/C16H34N4O2/c1-13-10-20(11-14(2)22-13)9-7-8-18-15(17-5)19-12-16(3,4)21-6/h13-14H,7-12H2,1-6H3,(H2,17,18,19). The lowest BCUT2D eigenvalue weighted by Crippen LogP contribution is -2.47. The molecule has 2 unspecified atom stereocenters. The van der Waals surface area contributed by atoms with Crippen LogP contribution in [0.2, 0.25) is 0 Å². The Balaban J connectivity index is 2.19. The molecule has 0 saturated carbocycles. The van der Waals surface area contributed by atoms with Crippen molar-refractivity contribution in [2.75, 3.05) is 46.9 Å². The van der Waals surface area contributed by atoms with Gasteiger partial charge in [-0.15, -0.1) is 0 Å². The van der Waals surface area contributed by atoms with Crippen LogP contribution in [-0.4, -0.2) is 75.5 Å². The number of guanidine groups is 1. The van der Waals surface area contributed by atoms with E-state index in [0.717, 1.165) is 45.1 Å². The van der Waals surface area contributed by atoms with Gasteiger partial charge in [0.25, 0.3) is 0 Å². The average Bonchev–Trinajstić information content (AvgIpc) is 2.45. The number of methoxy groups -OCH3 is 1. The molecule has 0 spiro atoms.